The van der Waals surface area contributed by atoms with Crippen LogP contribution in [0, 0.1) is 0 Å². The molecule has 0 saturated heterocycles. The van der Waals surface area contributed by atoms with Gasteiger partial charge in [0.25, 0.3) is 0 Å². The second kappa shape index (κ2) is 5.74. The summed E-state index contributed by atoms with van der Waals surface area (Å²) >= 11 is 7.82. The van der Waals surface area contributed by atoms with Crippen LogP contribution >= 0.6 is 34.2 Å². The summed E-state index contributed by atoms with van der Waals surface area (Å²) in [7, 11) is 0. The molecule has 0 amide bonds. The van der Waals surface area contributed by atoms with Crippen molar-refractivity contribution in [2.24, 2.45) is 0 Å². The maximum absolute atomic E-state index is 5.53. The fourth-order valence-corrected chi connectivity index (χ4v) is 0.750. The van der Waals surface area contributed by atoms with Crippen LogP contribution in [0.2, 0.25) is 0 Å². The van der Waals surface area contributed by atoms with Crippen LogP contribution in [0.5, 0.6) is 0 Å². The van der Waals surface area contributed by atoms with Gasteiger partial charge in [-0.1, -0.05) is 22.6 Å². The van der Waals surface area contributed by atoms with Crippen molar-refractivity contribution in [2.75, 3.05) is 10.3 Å². The van der Waals surface area contributed by atoms with Gasteiger partial charge in [0.1, 0.15) is 0 Å². The molecule has 0 aromatic carbocycles. The van der Waals surface area contributed by atoms with Gasteiger partial charge in [-0.2, -0.15) is 0 Å². The van der Waals surface area contributed by atoms with Crippen molar-refractivity contribution >= 4 is 34.2 Å². The van der Waals surface area contributed by atoms with E-state index in [0.717, 1.165) is 4.43 Å². The molecule has 2 unspecified atom stereocenters. The summed E-state index contributed by atoms with van der Waals surface area (Å²) in [6.07, 6.45) is 0.524. The van der Waals surface area contributed by atoms with E-state index in [0.29, 0.717) is 12.0 Å². The highest BCUT2D eigenvalue weighted by Crippen LogP contribution is 2.02. The average molecular weight is 263 g/mol. The van der Waals surface area contributed by atoms with Gasteiger partial charge in [0, 0.05) is 10.3 Å². The Morgan fingerprint density at radius 2 is 2.00 bits per heavy atom. The fraction of sp³-hybridized carbons (Fsp3) is 1.00. The van der Waals surface area contributed by atoms with Crippen LogP contribution in [-0.4, -0.2) is 22.5 Å². The van der Waals surface area contributed by atoms with Crippen LogP contribution in [0.1, 0.15) is 13.8 Å². The van der Waals surface area contributed by atoms with E-state index in [1.165, 1.54) is 0 Å². The first kappa shape index (κ1) is 9.98. The first-order valence-electron chi connectivity index (χ1n) is 2.98. The molecule has 0 rings (SSSR count). The lowest BCUT2D eigenvalue weighted by atomic mass is 10.4. The first-order valence-corrected chi connectivity index (χ1v) is 5.04. The molecular weight excluding hydrogens is 250 g/mol. The molecule has 56 valence electrons. The Morgan fingerprint density at radius 1 is 1.44 bits per heavy atom. The van der Waals surface area contributed by atoms with Crippen molar-refractivity contribution in [2.45, 2.75) is 26.1 Å². The van der Waals surface area contributed by atoms with Gasteiger partial charge < -0.3 is 4.74 Å². The normalized spacial score (nSPS) is 17.3. The maximum Gasteiger partial charge on any atom is 0.0686 e. The highest BCUT2D eigenvalue weighted by atomic mass is 127. The van der Waals surface area contributed by atoms with Crippen molar-refractivity contribution in [1.82, 2.24) is 0 Å². The van der Waals surface area contributed by atoms with E-state index in [-0.39, 0.29) is 6.10 Å². The van der Waals surface area contributed by atoms with E-state index < -0.39 is 0 Å². The molecule has 0 N–H and O–H groups in total. The molecule has 0 aliphatic rings. The monoisotopic (exact) mass is 262 g/mol. The quantitative estimate of drug-likeness (QED) is 0.559. The molecule has 0 aliphatic carbocycles. The summed E-state index contributed by atoms with van der Waals surface area (Å²) in [5.41, 5.74) is 0. The van der Waals surface area contributed by atoms with E-state index in [1.807, 2.05) is 6.92 Å². The first-order chi connectivity index (χ1) is 4.20. The summed E-state index contributed by atoms with van der Waals surface area (Å²) < 4.78 is 6.44. The van der Waals surface area contributed by atoms with E-state index in [9.17, 15) is 0 Å². The summed E-state index contributed by atoms with van der Waals surface area (Å²) in [6, 6.07) is 0. The van der Waals surface area contributed by atoms with Gasteiger partial charge in [0.2, 0.25) is 0 Å². The molecule has 2 atom stereocenters. The lowest BCUT2D eigenvalue weighted by Crippen LogP contribution is -2.19. The standard InChI is InChI=1S/C6H12ClIO/c1-5(3-7)9-6(2)4-8/h5-6H,3-4H2,1-2H3. The van der Waals surface area contributed by atoms with Crippen LogP contribution in [0.4, 0.5) is 0 Å². The molecular formula is C6H12ClIO. The summed E-state index contributed by atoms with van der Waals surface area (Å²) in [5.74, 6) is 0.584. The van der Waals surface area contributed by atoms with Gasteiger partial charge in [0.05, 0.1) is 12.2 Å². The Labute approximate surface area is 75.2 Å². The fourth-order valence-electron chi connectivity index (χ4n) is 0.469. The Morgan fingerprint density at radius 3 is 2.33 bits per heavy atom. The summed E-state index contributed by atoms with van der Waals surface area (Å²) in [5, 5.41) is 0. The number of hydrogen-bond acceptors (Lipinski definition) is 1. The van der Waals surface area contributed by atoms with Crippen molar-refractivity contribution in [3.63, 3.8) is 0 Å². The third-order valence-corrected chi connectivity index (χ3v) is 2.57. The molecule has 9 heavy (non-hydrogen) atoms. The molecule has 0 radical (unpaired) electrons. The zero-order valence-corrected chi connectivity index (χ0v) is 8.65. The number of rotatable bonds is 4. The second-order valence-corrected chi connectivity index (χ2v) is 3.26. The van der Waals surface area contributed by atoms with Crippen molar-refractivity contribution in [3.05, 3.63) is 0 Å². The average Bonchev–Trinajstić information content (AvgIpc) is 1.87. The van der Waals surface area contributed by atoms with E-state index in [2.05, 4.69) is 29.5 Å². The van der Waals surface area contributed by atoms with E-state index in [1.54, 1.807) is 0 Å². The van der Waals surface area contributed by atoms with Crippen LogP contribution in [0.15, 0.2) is 0 Å². The molecule has 0 bridgehead atoms. The molecule has 3 heteroatoms. The Bertz CT molecular complexity index is 62.1. The van der Waals surface area contributed by atoms with Gasteiger partial charge in [-0.25, -0.2) is 0 Å². The zero-order chi connectivity index (χ0) is 7.28. The van der Waals surface area contributed by atoms with Crippen molar-refractivity contribution < 1.29 is 4.74 Å². The largest absolute Gasteiger partial charge is 0.374 e. The summed E-state index contributed by atoms with van der Waals surface area (Å²) in [6.45, 7) is 4.03. The Kier molecular flexibility index (Phi) is 6.37. The Balaban J connectivity index is 3.22. The van der Waals surface area contributed by atoms with Crippen molar-refractivity contribution in [1.29, 1.82) is 0 Å². The second-order valence-electron chi connectivity index (χ2n) is 2.07. The molecule has 0 fully saturated rings. The molecule has 0 heterocycles. The van der Waals surface area contributed by atoms with E-state index >= 15 is 0 Å². The van der Waals surface area contributed by atoms with E-state index in [4.69, 9.17) is 16.3 Å². The number of halogens is 2. The van der Waals surface area contributed by atoms with Crippen LogP contribution in [0.3, 0.4) is 0 Å². The molecule has 0 aromatic rings. The number of hydrogen-bond donors (Lipinski definition) is 0. The molecule has 1 nitrogen and oxygen atoms in total. The molecule has 0 aliphatic heterocycles. The van der Waals surface area contributed by atoms with Gasteiger partial charge in [-0.05, 0) is 13.8 Å². The lowest BCUT2D eigenvalue weighted by molar-refractivity contribution is 0.0363. The minimum absolute atomic E-state index is 0.191. The summed E-state index contributed by atoms with van der Waals surface area (Å²) in [4.78, 5) is 0. The predicted molar refractivity (Wildman–Crippen MR) is 49.6 cm³/mol. The van der Waals surface area contributed by atoms with Gasteiger partial charge in [-0.3, -0.25) is 0 Å². The third kappa shape index (κ3) is 5.43. The predicted octanol–water partition coefficient (Wildman–Crippen LogP) is 2.45. The number of ether oxygens (including phenoxy) is 1. The minimum atomic E-state index is 0.191. The maximum atomic E-state index is 5.53. The van der Waals surface area contributed by atoms with Gasteiger partial charge in [0.15, 0.2) is 0 Å². The van der Waals surface area contributed by atoms with Gasteiger partial charge in [-0.15, -0.1) is 11.6 Å². The molecule has 0 spiro atoms. The highest BCUT2D eigenvalue weighted by molar-refractivity contribution is 14.1. The smallest absolute Gasteiger partial charge is 0.0686 e. The number of alkyl halides is 2. The lowest BCUT2D eigenvalue weighted by Gasteiger charge is -2.14. The van der Waals surface area contributed by atoms with Gasteiger partial charge >= 0.3 is 0 Å². The SMILES string of the molecule is CC(CCl)OC(C)CI. The van der Waals surface area contributed by atoms with Crippen molar-refractivity contribution in [3.8, 4) is 0 Å². The topological polar surface area (TPSA) is 9.23 Å². The minimum Gasteiger partial charge on any atom is -0.374 e. The van der Waals surface area contributed by atoms with Crippen LogP contribution < -0.4 is 0 Å². The Hall–Kier alpha value is 0.980. The van der Waals surface area contributed by atoms with Crippen LogP contribution in [-0.2, 0) is 4.74 Å². The highest BCUT2D eigenvalue weighted by Gasteiger charge is 2.04. The third-order valence-electron chi connectivity index (χ3n) is 0.899. The molecule has 0 saturated carbocycles. The molecule has 0 aromatic heterocycles. The zero-order valence-electron chi connectivity index (χ0n) is 5.73. The van der Waals surface area contributed by atoms with Crippen LogP contribution in [0.25, 0.3) is 0 Å².